The van der Waals surface area contributed by atoms with Crippen molar-refractivity contribution >= 4 is 10.9 Å². The first kappa shape index (κ1) is 14.9. The van der Waals surface area contributed by atoms with Gasteiger partial charge in [0.15, 0.2) is 0 Å². The van der Waals surface area contributed by atoms with Gasteiger partial charge >= 0.3 is 0 Å². The Morgan fingerprint density at radius 2 is 2.00 bits per heavy atom. The molecule has 2 atom stereocenters. The van der Waals surface area contributed by atoms with Crippen LogP contribution in [0.1, 0.15) is 44.5 Å². The number of aryl methyl sites for hydroxylation is 1. The molecule has 3 nitrogen and oxygen atoms in total. The second kappa shape index (κ2) is 5.90. The van der Waals surface area contributed by atoms with Crippen LogP contribution in [0.3, 0.4) is 0 Å². The highest BCUT2D eigenvalue weighted by atomic mass is 16.5. The molecule has 2 N–H and O–H groups in total. The third kappa shape index (κ3) is 2.84. The highest BCUT2D eigenvalue weighted by Crippen LogP contribution is 2.31. The van der Waals surface area contributed by atoms with Crippen LogP contribution in [0.2, 0.25) is 0 Å². The lowest BCUT2D eigenvalue weighted by Crippen LogP contribution is -2.40. The molecule has 0 saturated heterocycles. The lowest BCUT2D eigenvalue weighted by atomic mass is 9.88. The van der Waals surface area contributed by atoms with Crippen molar-refractivity contribution in [1.29, 1.82) is 0 Å². The Kier molecular flexibility index (Phi) is 4.41. The summed E-state index contributed by atoms with van der Waals surface area (Å²) in [5.74, 6) is 0. The number of benzene rings is 1. The smallest absolute Gasteiger partial charge is 0.0843 e. The molecule has 0 bridgehead atoms. The molecule has 0 spiro atoms. The van der Waals surface area contributed by atoms with Gasteiger partial charge in [0, 0.05) is 17.7 Å². The molecule has 0 amide bonds. The van der Waals surface area contributed by atoms with E-state index in [9.17, 15) is 0 Å². The maximum absolute atomic E-state index is 6.45. The van der Waals surface area contributed by atoms with E-state index in [0.29, 0.717) is 6.61 Å². The number of aromatic nitrogens is 1. The quantitative estimate of drug-likeness (QED) is 0.901. The number of hydrogen-bond donors (Lipinski definition) is 1. The lowest BCUT2D eigenvalue weighted by Gasteiger charge is -2.34. The topological polar surface area (TPSA) is 48.1 Å². The third-order valence-corrected chi connectivity index (χ3v) is 4.05. The molecule has 1 heterocycles. The van der Waals surface area contributed by atoms with Gasteiger partial charge in [-0.1, -0.05) is 19.1 Å². The number of fused-ring (bicyclic) bond motifs is 1. The van der Waals surface area contributed by atoms with Crippen LogP contribution in [0, 0.1) is 6.92 Å². The van der Waals surface area contributed by atoms with Crippen LogP contribution >= 0.6 is 0 Å². The summed E-state index contributed by atoms with van der Waals surface area (Å²) in [5, 5.41) is 1.12. The first-order chi connectivity index (χ1) is 9.50. The molecule has 1 aromatic heterocycles. The minimum atomic E-state index is -0.333. The van der Waals surface area contributed by atoms with E-state index in [1.165, 1.54) is 0 Å². The summed E-state index contributed by atoms with van der Waals surface area (Å²) < 4.78 is 5.89. The van der Waals surface area contributed by atoms with Crippen molar-refractivity contribution in [2.75, 3.05) is 6.61 Å². The zero-order valence-corrected chi connectivity index (χ0v) is 12.8. The summed E-state index contributed by atoms with van der Waals surface area (Å²) in [6, 6.07) is 10.2. The molecule has 0 radical (unpaired) electrons. The molecule has 3 heteroatoms. The second-order valence-electron chi connectivity index (χ2n) is 5.48. The van der Waals surface area contributed by atoms with Gasteiger partial charge in [0.2, 0.25) is 0 Å². The summed E-state index contributed by atoms with van der Waals surface area (Å²) in [4.78, 5) is 4.52. The van der Waals surface area contributed by atoms with Gasteiger partial charge in [0.1, 0.15) is 0 Å². The minimum absolute atomic E-state index is 0.141. The number of hydrogen-bond acceptors (Lipinski definition) is 3. The van der Waals surface area contributed by atoms with E-state index in [-0.39, 0.29) is 11.6 Å². The summed E-state index contributed by atoms with van der Waals surface area (Å²) in [6.07, 6.45) is 0.881. The maximum atomic E-state index is 6.45. The van der Waals surface area contributed by atoms with E-state index >= 15 is 0 Å². The number of nitrogens with two attached hydrogens (primary N) is 1. The van der Waals surface area contributed by atoms with Gasteiger partial charge < -0.3 is 10.5 Å². The van der Waals surface area contributed by atoms with Gasteiger partial charge in [-0.15, -0.1) is 0 Å². The van der Waals surface area contributed by atoms with Gasteiger partial charge in [0.25, 0.3) is 0 Å². The van der Waals surface area contributed by atoms with Gasteiger partial charge in [-0.3, -0.25) is 4.98 Å². The Balaban J connectivity index is 2.39. The molecule has 1 aromatic carbocycles. The molecule has 2 aromatic rings. The molecule has 0 fully saturated rings. The van der Waals surface area contributed by atoms with Crippen molar-refractivity contribution in [2.45, 2.75) is 45.8 Å². The van der Waals surface area contributed by atoms with Crippen molar-refractivity contribution < 1.29 is 4.74 Å². The Hall–Kier alpha value is -1.45. The van der Waals surface area contributed by atoms with Crippen molar-refractivity contribution in [3.8, 4) is 0 Å². The van der Waals surface area contributed by atoms with Crippen molar-refractivity contribution in [3.63, 3.8) is 0 Å². The zero-order valence-electron chi connectivity index (χ0n) is 12.8. The summed E-state index contributed by atoms with van der Waals surface area (Å²) in [7, 11) is 0. The van der Waals surface area contributed by atoms with Gasteiger partial charge in [0.05, 0.1) is 17.2 Å². The Morgan fingerprint density at radius 3 is 2.65 bits per heavy atom. The minimum Gasteiger partial charge on any atom is -0.374 e. The average molecular weight is 272 g/mol. The molecule has 108 valence electrons. The fourth-order valence-corrected chi connectivity index (χ4v) is 2.53. The third-order valence-electron chi connectivity index (χ3n) is 4.05. The average Bonchev–Trinajstić information content (AvgIpc) is 2.46. The number of ether oxygens (including phenoxy) is 1. The molecule has 2 rings (SSSR count). The Morgan fingerprint density at radius 1 is 1.25 bits per heavy atom. The highest BCUT2D eigenvalue weighted by Gasteiger charge is 2.31. The fraction of sp³-hybridized carbons (Fsp3) is 0.471. The molecule has 0 saturated carbocycles. The molecular weight excluding hydrogens is 248 g/mol. The molecule has 2 unspecified atom stereocenters. The number of pyridine rings is 1. The van der Waals surface area contributed by atoms with Crippen LogP contribution in [0.25, 0.3) is 10.9 Å². The Bertz CT molecular complexity index is 597. The summed E-state index contributed by atoms with van der Waals surface area (Å²) in [6.45, 7) is 8.88. The lowest BCUT2D eigenvalue weighted by molar-refractivity contribution is -0.0472. The molecular formula is C17H24N2O. The van der Waals surface area contributed by atoms with Crippen LogP contribution in [-0.4, -0.2) is 17.2 Å². The molecule has 20 heavy (non-hydrogen) atoms. The predicted octanol–water partition coefficient (Wildman–Crippen LogP) is 3.75. The van der Waals surface area contributed by atoms with Crippen molar-refractivity contribution in [3.05, 3.63) is 41.6 Å². The SMILES string of the molecule is CCOC(C)(CC)C(N)c1ccc2nc(C)ccc2c1. The van der Waals surface area contributed by atoms with Crippen molar-refractivity contribution in [2.24, 2.45) is 5.73 Å². The van der Waals surface area contributed by atoms with Crippen LogP contribution in [0.5, 0.6) is 0 Å². The van der Waals surface area contributed by atoms with E-state index in [1.807, 2.05) is 26.0 Å². The van der Waals surface area contributed by atoms with E-state index in [4.69, 9.17) is 10.5 Å². The highest BCUT2D eigenvalue weighted by molar-refractivity contribution is 5.79. The Labute approximate surface area is 121 Å². The van der Waals surface area contributed by atoms with Crippen LogP contribution in [0.15, 0.2) is 30.3 Å². The number of nitrogens with zero attached hydrogens (tertiary/aromatic N) is 1. The summed E-state index contributed by atoms with van der Waals surface area (Å²) >= 11 is 0. The molecule has 0 aliphatic rings. The van der Waals surface area contributed by atoms with E-state index in [1.54, 1.807) is 0 Å². The van der Waals surface area contributed by atoms with Gasteiger partial charge in [-0.05, 0) is 51.0 Å². The summed E-state index contributed by atoms with van der Waals surface area (Å²) in [5.41, 5.74) is 9.25. The molecule has 0 aliphatic carbocycles. The van der Waals surface area contributed by atoms with E-state index in [0.717, 1.165) is 28.6 Å². The zero-order chi connectivity index (χ0) is 14.8. The maximum Gasteiger partial charge on any atom is 0.0843 e. The molecule has 0 aliphatic heterocycles. The first-order valence-electron chi connectivity index (χ1n) is 7.27. The van der Waals surface area contributed by atoms with E-state index < -0.39 is 0 Å². The first-order valence-corrected chi connectivity index (χ1v) is 7.27. The van der Waals surface area contributed by atoms with E-state index in [2.05, 4.69) is 37.0 Å². The normalized spacial score (nSPS) is 16.1. The second-order valence-corrected chi connectivity index (χ2v) is 5.48. The monoisotopic (exact) mass is 272 g/mol. The van der Waals surface area contributed by atoms with Crippen molar-refractivity contribution in [1.82, 2.24) is 4.98 Å². The fourth-order valence-electron chi connectivity index (χ4n) is 2.53. The number of rotatable bonds is 5. The predicted molar refractivity (Wildman–Crippen MR) is 83.7 cm³/mol. The van der Waals surface area contributed by atoms with Crippen LogP contribution in [-0.2, 0) is 4.74 Å². The van der Waals surface area contributed by atoms with Crippen LogP contribution < -0.4 is 5.73 Å². The standard InChI is InChI=1S/C17H24N2O/c1-5-17(4,20-6-2)16(18)14-9-10-15-13(11-14)8-7-12(3)19-15/h7-11,16H,5-6,18H2,1-4H3. The van der Waals surface area contributed by atoms with Crippen LogP contribution in [0.4, 0.5) is 0 Å². The largest absolute Gasteiger partial charge is 0.374 e. The van der Waals surface area contributed by atoms with Gasteiger partial charge in [-0.2, -0.15) is 0 Å². The van der Waals surface area contributed by atoms with Gasteiger partial charge in [-0.25, -0.2) is 0 Å².